The molecule has 0 rings (SSSR count). The van der Waals surface area contributed by atoms with Gasteiger partial charge in [-0.1, -0.05) is 20.8 Å². The number of amides is 1. The third kappa shape index (κ3) is 6.25. The molecule has 0 aromatic heterocycles. The fourth-order valence-electron chi connectivity index (χ4n) is 1.31. The molecule has 0 aliphatic rings. The maximum Gasteiger partial charge on any atom is 0.326 e. The van der Waals surface area contributed by atoms with Gasteiger partial charge in [-0.2, -0.15) is 0 Å². The topological polar surface area (TPSA) is 101 Å². The van der Waals surface area contributed by atoms with Crippen LogP contribution in [0.15, 0.2) is 0 Å². The van der Waals surface area contributed by atoms with E-state index in [1.54, 1.807) is 20.8 Å². The number of carboxylic acid groups (broad SMARTS) is 1. The summed E-state index contributed by atoms with van der Waals surface area (Å²) in [4.78, 5) is 22.2. The number of carbonyl (C=O) groups is 2. The maximum atomic E-state index is 11.4. The van der Waals surface area contributed by atoms with Crippen molar-refractivity contribution in [3.8, 4) is 0 Å². The lowest BCUT2D eigenvalue weighted by Crippen LogP contribution is -2.46. The highest BCUT2D eigenvalue weighted by Gasteiger charge is 2.25. The monoisotopic (exact) mass is 265 g/mol. The van der Waals surface area contributed by atoms with Gasteiger partial charge >= 0.3 is 5.97 Å². The first kappa shape index (κ1) is 15.9. The third-order valence-corrected chi connectivity index (χ3v) is 3.85. The molecule has 0 unspecified atom stereocenters. The van der Waals surface area contributed by atoms with E-state index in [-0.39, 0.29) is 11.7 Å². The minimum Gasteiger partial charge on any atom is -0.480 e. The van der Waals surface area contributed by atoms with Gasteiger partial charge in [0.25, 0.3) is 0 Å². The van der Waals surface area contributed by atoms with E-state index in [1.807, 2.05) is 0 Å². The molecule has 100 valence electrons. The van der Waals surface area contributed by atoms with Gasteiger partial charge < -0.3 is 10.4 Å². The van der Waals surface area contributed by atoms with Gasteiger partial charge in [-0.25, -0.2) is 13.2 Å². The molecule has 2 N–H and O–H groups in total. The Kier molecular flexibility index (Phi) is 6.15. The highest BCUT2D eigenvalue weighted by molar-refractivity contribution is 7.92. The lowest BCUT2D eigenvalue weighted by molar-refractivity contribution is -0.142. The Morgan fingerprint density at radius 2 is 1.82 bits per heavy atom. The summed E-state index contributed by atoms with van der Waals surface area (Å²) in [5.41, 5.74) is 0. The van der Waals surface area contributed by atoms with Crippen LogP contribution in [0.4, 0.5) is 0 Å². The molecule has 0 heterocycles. The summed E-state index contributed by atoms with van der Waals surface area (Å²) in [5, 5.41) is 11.0. The molecule has 17 heavy (non-hydrogen) atoms. The summed E-state index contributed by atoms with van der Waals surface area (Å²) >= 11 is 0. The van der Waals surface area contributed by atoms with Crippen LogP contribution in [0.5, 0.6) is 0 Å². The Morgan fingerprint density at radius 1 is 1.29 bits per heavy atom. The molecule has 7 heteroatoms. The van der Waals surface area contributed by atoms with Crippen LogP contribution in [-0.2, 0) is 19.4 Å². The van der Waals surface area contributed by atoms with Crippen molar-refractivity contribution in [2.24, 2.45) is 5.92 Å². The van der Waals surface area contributed by atoms with Crippen LogP contribution in [-0.4, -0.2) is 42.9 Å². The highest BCUT2D eigenvalue weighted by atomic mass is 32.2. The number of sulfone groups is 1. The molecule has 0 spiro atoms. The van der Waals surface area contributed by atoms with E-state index in [2.05, 4.69) is 5.32 Å². The second-order valence-electron chi connectivity index (χ2n) is 4.22. The van der Waals surface area contributed by atoms with Crippen LogP contribution in [0.2, 0.25) is 0 Å². The summed E-state index contributed by atoms with van der Waals surface area (Å²) in [6.45, 7) is 4.98. The summed E-state index contributed by atoms with van der Waals surface area (Å²) in [6.07, 6.45) is 0.433. The van der Waals surface area contributed by atoms with Crippen molar-refractivity contribution in [1.82, 2.24) is 5.32 Å². The van der Waals surface area contributed by atoms with Gasteiger partial charge in [0.15, 0.2) is 9.84 Å². The summed E-state index contributed by atoms with van der Waals surface area (Å²) in [5.74, 6) is -2.96. The molecule has 0 bridgehead atoms. The maximum absolute atomic E-state index is 11.4. The largest absolute Gasteiger partial charge is 0.480 e. The van der Waals surface area contributed by atoms with Crippen molar-refractivity contribution in [3.63, 3.8) is 0 Å². The SMILES string of the molecule is CCCS(=O)(=O)CC(=O)N[C@H](C(=O)O)C(C)C. The molecule has 0 saturated carbocycles. The standard InChI is InChI=1S/C10H19NO5S/c1-4-5-17(15,16)6-8(12)11-9(7(2)3)10(13)14/h7,9H,4-6H2,1-3H3,(H,11,12)(H,13,14)/t9-/m0/s1. The normalized spacial score (nSPS) is 13.4. The molecule has 0 saturated heterocycles. The lowest BCUT2D eigenvalue weighted by Gasteiger charge is -2.17. The fourth-order valence-corrected chi connectivity index (χ4v) is 2.56. The van der Waals surface area contributed by atoms with E-state index >= 15 is 0 Å². The minimum absolute atomic E-state index is 0.0696. The number of rotatable bonds is 7. The van der Waals surface area contributed by atoms with Gasteiger partial charge in [0.05, 0.1) is 5.75 Å². The zero-order valence-electron chi connectivity index (χ0n) is 10.3. The van der Waals surface area contributed by atoms with Crippen LogP contribution < -0.4 is 5.32 Å². The lowest BCUT2D eigenvalue weighted by atomic mass is 10.1. The summed E-state index contributed by atoms with van der Waals surface area (Å²) in [6, 6.07) is -1.06. The number of carboxylic acids is 1. The predicted molar refractivity (Wildman–Crippen MR) is 63.3 cm³/mol. The van der Waals surface area contributed by atoms with Gasteiger partial charge in [0, 0.05) is 0 Å². The predicted octanol–water partition coefficient (Wildman–Crippen LogP) is 0.0366. The van der Waals surface area contributed by atoms with Crippen molar-refractivity contribution in [2.75, 3.05) is 11.5 Å². The molecular weight excluding hydrogens is 246 g/mol. The van der Waals surface area contributed by atoms with E-state index in [0.717, 1.165) is 0 Å². The van der Waals surface area contributed by atoms with Crippen LogP contribution in [0.25, 0.3) is 0 Å². The van der Waals surface area contributed by atoms with Gasteiger partial charge in [0.2, 0.25) is 5.91 Å². The second kappa shape index (κ2) is 6.58. The average molecular weight is 265 g/mol. The molecule has 0 aromatic carbocycles. The number of hydrogen-bond acceptors (Lipinski definition) is 4. The molecule has 0 aromatic rings. The van der Waals surface area contributed by atoms with Crippen LogP contribution in [0, 0.1) is 5.92 Å². The van der Waals surface area contributed by atoms with Crippen molar-refractivity contribution >= 4 is 21.7 Å². The van der Waals surface area contributed by atoms with E-state index < -0.39 is 33.5 Å². The number of carbonyl (C=O) groups excluding carboxylic acids is 1. The molecule has 0 fully saturated rings. The molecule has 1 atom stereocenters. The Hall–Kier alpha value is -1.11. The van der Waals surface area contributed by atoms with Gasteiger partial charge in [-0.3, -0.25) is 4.79 Å². The Morgan fingerprint density at radius 3 is 2.18 bits per heavy atom. The van der Waals surface area contributed by atoms with Gasteiger partial charge in [-0.05, 0) is 12.3 Å². The van der Waals surface area contributed by atoms with Gasteiger partial charge in [0.1, 0.15) is 11.8 Å². The van der Waals surface area contributed by atoms with Crippen LogP contribution in [0.1, 0.15) is 27.2 Å². The molecule has 0 radical (unpaired) electrons. The average Bonchev–Trinajstić information content (AvgIpc) is 2.11. The third-order valence-electron chi connectivity index (χ3n) is 2.12. The highest BCUT2D eigenvalue weighted by Crippen LogP contribution is 2.02. The molecule has 1 amide bonds. The fraction of sp³-hybridized carbons (Fsp3) is 0.800. The second-order valence-corrected chi connectivity index (χ2v) is 6.40. The molecular formula is C10H19NO5S. The van der Waals surface area contributed by atoms with E-state index in [9.17, 15) is 18.0 Å². The zero-order valence-corrected chi connectivity index (χ0v) is 11.1. The Bertz CT molecular complexity index is 374. The van der Waals surface area contributed by atoms with Crippen LogP contribution >= 0.6 is 0 Å². The molecule has 0 aliphatic carbocycles. The Balaban J connectivity index is 4.49. The Labute approximate surface area is 101 Å². The van der Waals surface area contributed by atoms with Crippen molar-refractivity contribution in [3.05, 3.63) is 0 Å². The van der Waals surface area contributed by atoms with Crippen molar-refractivity contribution in [2.45, 2.75) is 33.2 Å². The quantitative estimate of drug-likeness (QED) is 0.676. The molecule has 0 aliphatic heterocycles. The van der Waals surface area contributed by atoms with Crippen LogP contribution in [0.3, 0.4) is 0 Å². The first-order valence-electron chi connectivity index (χ1n) is 5.42. The van der Waals surface area contributed by atoms with Crippen molar-refractivity contribution in [1.29, 1.82) is 0 Å². The number of aliphatic carboxylic acids is 1. The van der Waals surface area contributed by atoms with E-state index in [0.29, 0.717) is 6.42 Å². The smallest absolute Gasteiger partial charge is 0.326 e. The summed E-state index contributed by atoms with van der Waals surface area (Å²) in [7, 11) is -3.43. The minimum atomic E-state index is -3.43. The number of hydrogen-bond donors (Lipinski definition) is 2. The van der Waals surface area contributed by atoms with E-state index in [1.165, 1.54) is 0 Å². The first-order valence-corrected chi connectivity index (χ1v) is 7.24. The molecule has 6 nitrogen and oxygen atoms in total. The zero-order chi connectivity index (χ0) is 13.6. The summed E-state index contributed by atoms with van der Waals surface area (Å²) < 4.78 is 22.7. The van der Waals surface area contributed by atoms with Gasteiger partial charge in [-0.15, -0.1) is 0 Å². The van der Waals surface area contributed by atoms with Crippen molar-refractivity contribution < 1.29 is 23.1 Å². The number of nitrogens with one attached hydrogen (secondary N) is 1. The van der Waals surface area contributed by atoms with E-state index in [4.69, 9.17) is 5.11 Å². The first-order chi connectivity index (χ1) is 7.69.